The monoisotopic (exact) mass is 293 g/mol. The second kappa shape index (κ2) is 6.10. The molecule has 20 heavy (non-hydrogen) atoms. The molecule has 0 aliphatic carbocycles. The highest BCUT2D eigenvalue weighted by atomic mass is 32.2. The predicted molar refractivity (Wildman–Crippen MR) is 82.1 cm³/mol. The molecule has 0 bridgehead atoms. The Morgan fingerprint density at radius 3 is 2.50 bits per heavy atom. The van der Waals surface area contributed by atoms with Crippen molar-refractivity contribution < 1.29 is 8.42 Å². The zero-order valence-electron chi connectivity index (χ0n) is 12.4. The molecule has 0 aromatic heterocycles. The number of aryl methyl sites for hydroxylation is 1. The quantitative estimate of drug-likeness (QED) is 0.798. The standard InChI is InChI=1S/C16H23NO2S/c1-13(2)6-9-15-5-4-12-17(15)20(18,19)16-10-7-14(3)8-11-16/h6-11,13,15H,4-5,12H2,1-3H3/b9-6+. The van der Waals surface area contributed by atoms with Crippen molar-refractivity contribution in [3.63, 3.8) is 0 Å². The van der Waals surface area contributed by atoms with E-state index in [1.165, 1.54) is 0 Å². The van der Waals surface area contributed by atoms with E-state index < -0.39 is 10.0 Å². The molecule has 0 saturated carbocycles. The Morgan fingerprint density at radius 2 is 1.90 bits per heavy atom. The van der Waals surface area contributed by atoms with Crippen LogP contribution in [0.25, 0.3) is 0 Å². The first-order valence-corrected chi connectivity index (χ1v) is 8.62. The van der Waals surface area contributed by atoms with Crippen molar-refractivity contribution in [3.8, 4) is 0 Å². The number of allylic oxidation sites excluding steroid dienone is 1. The van der Waals surface area contributed by atoms with E-state index >= 15 is 0 Å². The maximum atomic E-state index is 12.7. The van der Waals surface area contributed by atoms with Crippen LogP contribution in [0, 0.1) is 12.8 Å². The first kappa shape index (κ1) is 15.3. The van der Waals surface area contributed by atoms with Crippen molar-refractivity contribution in [2.24, 2.45) is 5.92 Å². The van der Waals surface area contributed by atoms with Crippen LogP contribution in [0.3, 0.4) is 0 Å². The van der Waals surface area contributed by atoms with E-state index in [1.54, 1.807) is 16.4 Å². The van der Waals surface area contributed by atoms with Crippen LogP contribution in [0.2, 0.25) is 0 Å². The van der Waals surface area contributed by atoms with Crippen molar-refractivity contribution in [3.05, 3.63) is 42.0 Å². The molecule has 1 aromatic rings. The normalized spacial score (nSPS) is 21.1. The van der Waals surface area contributed by atoms with Gasteiger partial charge in [0.2, 0.25) is 10.0 Å². The van der Waals surface area contributed by atoms with Crippen LogP contribution < -0.4 is 0 Å². The maximum absolute atomic E-state index is 12.7. The lowest BCUT2D eigenvalue weighted by atomic mass is 10.1. The van der Waals surface area contributed by atoms with E-state index in [0.29, 0.717) is 17.4 Å². The van der Waals surface area contributed by atoms with E-state index in [9.17, 15) is 8.42 Å². The minimum absolute atomic E-state index is 0.00343. The van der Waals surface area contributed by atoms with E-state index in [-0.39, 0.29) is 6.04 Å². The van der Waals surface area contributed by atoms with Gasteiger partial charge in [0.1, 0.15) is 0 Å². The summed E-state index contributed by atoms with van der Waals surface area (Å²) in [7, 11) is -3.37. The summed E-state index contributed by atoms with van der Waals surface area (Å²) in [4.78, 5) is 0.396. The van der Waals surface area contributed by atoms with Crippen molar-refractivity contribution in [2.75, 3.05) is 6.54 Å². The van der Waals surface area contributed by atoms with E-state index in [2.05, 4.69) is 19.9 Å². The number of hydrogen-bond donors (Lipinski definition) is 0. The van der Waals surface area contributed by atoms with Gasteiger partial charge in [-0.2, -0.15) is 4.31 Å². The lowest BCUT2D eigenvalue weighted by Gasteiger charge is -2.22. The Bertz CT molecular complexity index is 573. The Balaban J connectivity index is 2.26. The van der Waals surface area contributed by atoms with Crippen molar-refractivity contribution in [1.82, 2.24) is 4.31 Å². The highest BCUT2D eigenvalue weighted by Crippen LogP contribution is 2.27. The number of benzene rings is 1. The summed E-state index contributed by atoms with van der Waals surface area (Å²) in [5.74, 6) is 0.444. The largest absolute Gasteiger partial charge is 0.243 e. The highest BCUT2D eigenvalue weighted by Gasteiger charge is 2.33. The van der Waals surface area contributed by atoms with Crippen LogP contribution in [0.15, 0.2) is 41.3 Å². The lowest BCUT2D eigenvalue weighted by molar-refractivity contribution is 0.431. The van der Waals surface area contributed by atoms with Crippen LogP contribution in [0.4, 0.5) is 0 Å². The molecule has 1 aliphatic rings. The summed E-state index contributed by atoms with van der Waals surface area (Å²) < 4.78 is 27.0. The third-order valence-corrected chi connectivity index (χ3v) is 5.53. The maximum Gasteiger partial charge on any atom is 0.243 e. The van der Waals surface area contributed by atoms with Gasteiger partial charge in [-0.3, -0.25) is 0 Å². The van der Waals surface area contributed by atoms with Crippen LogP contribution >= 0.6 is 0 Å². The van der Waals surface area contributed by atoms with Crippen LogP contribution in [-0.2, 0) is 10.0 Å². The van der Waals surface area contributed by atoms with Gasteiger partial charge in [-0.15, -0.1) is 0 Å². The Hall–Kier alpha value is -1.13. The second-order valence-electron chi connectivity index (χ2n) is 5.77. The van der Waals surface area contributed by atoms with Gasteiger partial charge in [0, 0.05) is 12.6 Å². The molecule has 1 aliphatic heterocycles. The average molecular weight is 293 g/mol. The minimum Gasteiger partial charge on any atom is -0.207 e. The van der Waals surface area contributed by atoms with Gasteiger partial charge in [0.15, 0.2) is 0 Å². The van der Waals surface area contributed by atoms with Crippen molar-refractivity contribution in [2.45, 2.75) is 44.6 Å². The predicted octanol–water partition coefficient (Wildman–Crippen LogP) is 3.36. The van der Waals surface area contributed by atoms with Crippen LogP contribution in [-0.4, -0.2) is 25.3 Å². The first-order chi connectivity index (χ1) is 9.41. The molecule has 1 unspecified atom stereocenters. The summed E-state index contributed by atoms with van der Waals surface area (Å²) >= 11 is 0. The van der Waals surface area contributed by atoms with Crippen LogP contribution in [0.1, 0.15) is 32.3 Å². The van der Waals surface area contributed by atoms with Gasteiger partial charge in [-0.1, -0.05) is 43.7 Å². The molecular weight excluding hydrogens is 270 g/mol. The van der Waals surface area contributed by atoms with Crippen molar-refractivity contribution in [1.29, 1.82) is 0 Å². The molecule has 3 nitrogen and oxygen atoms in total. The molecule has 110 valence electrons. The number of sulfonamides is 1. The molecule has 1 aromatic carbocycles. The molecule has 0 N–H and O–H groups in total. The van der Waals surface area contributed by atoms with Crippen LogP contribution in [0.5, 0.6) is 0 Å². The number of hydrogen-bond acceptors (Lipinski definition) is 2. The first-order valence-electron chi connectivity index (χ1n) is 7.18. The summed E-state index contributed by atoms with van der Waals surface area (Å²) in [6.07, 6.45) is 5.98. The zero-order valence-corrected chi connectivity index (χ0v) is 13.2. The number of nitrogens with zero attached hydrogens (tertiary/aromatic N) is 1. The molecule has 2 rings (SSSR count). The fraction of sp³-hybridized carbons (Fsp3) is 0.500. The minimum atomic E-state index is -3.37. The molecule has 4 heteroatoms. The second-order valence-corrected chi connectivity index (χ2v) is 7.66. The molecular formula is C16H23NO2S. The average Bonchev–Trinajstić information content (AvgIpc) is 2.86. The Kier molecular flexibility index (Phi) is 4.66. The third-order valence-electron chi connectivity index (χ3n) is 3.59. The molecule has 0 spiro atoms. The SMILES string of the molecule is Cc1ccc(S(=O)(=O)N2CCCC2/C=C/C(C)C)cc1. The Labute approximate surface area is 122 Å². The molecule has 0 amide bonds. The topological polar surface area (TPSA) is 37.4 Å². The van der Waals surface area contributed by atoms with Gasteiger partial charge in [-0.05, 0) is 37.8 Å². The Morgan fingerprint density at radius 1 is 1.25 bits per heavy atom. The van der Waals surface area contributed by atoms with Crippen molar-refractivity contribution >= 4 is 10.0 Å². The highest BCUT2D eigenvalue weighted by molar-refractivity contribution is 7.89. The third kappa shape index (κ3) is 3.30. The molecule has 1 heterocycles. The van der Waals surface area contributed by atoms with Gasteiger partial charge in [-0.25, -0.2) is 8.42 Å². The fourth-order valence-electron chi connectivity index (χ4n) is 2.45. The zero-order chi connectivity index (χ0) is 14.8. The van der Waals surface area contributed by atoms with E-state index in [0.717, 1.165) is 18.4 Å². The van der Waals surface area contributed by atoms with E-state index in [4.69, 9.17) is 0 Å². The van der Waals surface area contributed by atoms with Gasteiger partial charge < -0.3 is 0 Å². The fourth-order valence-corrected chi connectivity index (χ4v) is 4.11. The van der Waals surface area contributed by atoms with Gasteiger partial charge in [0.05, 0.1) is 4.90 Å². The number of rotatable bonds is 4. The summed E-state index contributed by atoms with van der Waals surface area (Å²) in [5, 5.41) is 0. The van der Waals surface area contributed by atoms with Gasteiger partial charge in [0.25, 0.3) is 0 Å². The summed E-state index contributed by atoms with van der Waals surface area (Å²) in [5.41, 5.74) is 1.07. The van der Waals surface area contributed by atoms with E-state index in [1.807, 2.05) is 25.1 Å². The smallest absolute Gasteiger partial charge is 0.207 e. The molecule has 0 radical (unpaired) electrons. The molecule has 1 saturated heterocycles. The van der Waals surface area contributed by atoms with Gasteiger partial charge >= 0.3 is 0 Å². The molecule has 1 fully saturated rings. The molecule has 1 atom stereocenters. The lowest BCUT2D eigenvalue weighted by Crippen LogP contribution is -2.34. The summed E-state index contributed by atoms with van der Waals surface area (Å²) in [6.45, 7) is 6.78. The summed E-state index contributed by atoms with van der Waals surface area (Å²) in [6, 6.07) is 7.10.